The molecule has 0 fully saturated rings. The molecule has 5 nitrogen and oxygen atoms in total. The number of benzene rings is 1. The molecule has 0 bridgehead atoms. The first-order chi connectivity index (χ1) is 8.22. The Morgan fingerprint density at radius 3 is 2.29 bits per heavy atom. The van der Waals surface area contributed by atoms with Gasteiger partial charge < -0.3 is 19.9 Å². The molecule has 5 heteroatoms. The highest BCUT2D eigenvalue weighted by Gasteiger charge is 2.09. The summed E-state index contributed by atoms with van der Waals surface area (Å²) in [4.78, 5) is 4.26. The van der Waals surface area contributed by atoms with Crippen LogP contribution in [0.4, 0.5) is 5.69 Å². The van der Waals surface area contributed by atoms with Crippen molar-refractivity contribution in [3.05, 3.63) is 18.2 Å². The zero-order valence-corrected chi connectivity index (χ0v) is 10.4. The van der Waals surface area contributed by atoms with Crippen LogP contribution >= 0.6 is 0 Å². The van der Waals surface area contributed by atoms with Crippen LogP contribution in [0, 0.1) is 0 Å². The zero-order valence-electron chi connectivity index (χ0n) is 10.4. The van der Waals surface area contributed by atoms with Gasteiger partial charge in [-0.3, -0.25) is 0 Å². The summed E-state index contributed by atoms with van der Waals surface area (Å²) in [6.45, 7) is 2.79. The van der Waals surface area contributed by atoms with E-state index in [1.165, 1.54) is 0 Å². The predicted octanol–water partition coefficient (Wildman–Crippen LogP) is 1.73. The molecule has 0 radical (unpaired) electrons. The van der Waals surface area contributed by atoms with Gasteiger partial charge in [-0.05, 0) is 19.1 Å². The van der Waals surface area contributed by atoms with Gasteiger partial charge in [-0.25, -0.2) is 4.99 Å². The SMILES string of the molecule is CCOCC(N)=Nc1c(OC)cccc1OC. The van der Waals surface area contributed by atoms with E-state index < -0.39 is 0 Å². The number of amidine groups is 1. The molecule has 0 atom stereocenters. The van der Waals surface area contributed by atoms with E-state index in [2.05, 4.69) is 4.99 Å². The third-order valence-corrected chi connectivity index (χ3v) is 2.11. The molecule has 0 saturated heterocycles. The van der Waals surface area contributed by atoms with E-state index in [0.717, 1.165) is 0 Å². The molecule has 0 unspecified atom stereocenters. The number of nitrogens with two attached hydrogens (primary N) is 1. The van der Waals surface area contributed by atoms with Crippen molar-refractivity contribution in [1.82, 2.24) is 0 Å². The lowest BCUT2D eigenvalue weighted by molar-refractivity contribution is 0.187. The van der Waals surface area contributed by atoms with Gasteiger partial charge in [-0.15, -0.1) is 0 Å². The Kier molecular flexibility index (Phi) is 5.29. The third kappa shape index (κ3) is 3.64. The van der Waals surface area contributed by atoms with Crippen molar-refractivity contribution in [3.63, 3.8) is 0 Å². The first kappa shape index (κ1) is 13.3. The summed E-state index contributed by atoms with van der Waals surface area (Å²) in [7, 11) is 3.15. The molecule has 17 heavy (non-hydrogen) atoms. The molecular weight excluding hydrogens is 220 g/mol. The number of methoxy groups -OCH3 is 2. The van der Waals surface area contributed by atoms with Crippen LogP contribution in [0.5, 0.6) is 11.5 Å². The van der Waals surface area contributed by atoms with Gasteiger partial charge >= 0.3 is 0 Å². The largest absolute Gasteiger partial charge is 0.494 e. The van der Waals surface area contributed by atoms with E-state index in [0.29, 0.717) is 29.6 Å². The standard InChI is InChI=1S/C12H18N2O3/c1-4-17-8-11(13)14-12-9(15-2)6-5-7-10(12)16-3/h5-7H,4,8H2,1-3H3,(H2,13,14). The van der Waals surface area contributed by atoms with Crippen molar-refractivity contribution in [2.45, 2.75) is 6.92 Å². The van der Waals surface area contributed by atoms with Gasteiger partial charge in [0.15, 0.2) is 0 Å². The second kappa shape index (κ2) is 6.75. The van der Waals surface area contributed by atoms with Crippen LogP contribution in [-0.2, 0) is 4.74 Å². The second-order valence-corrected chi connectivity index (χ2v) is 3.25. The Hall–Kier alpha value is -1.75. The first-order valence-electron chi connectivity index (χ1n) is 5.34. The summed E-state index contributed by atoms with van der Waals surface area (Å²) in [5.41, 5.74) is 6.33. The Morgan fingerprint density at radius 2 is 1.82 bits per heavy atom. The van der Waals surface area contributed by atoms with Gasteiger partial charge in [0.2, 0.25) is 0 Å². The number of rotatable bonds is 6. The fourth-order valence-corrected chi connectivity index (χ4v) is 1.32. The van der Waals surface area contributed by atoms with Crippen LogP contribution in [0.15, 0.2) is 23.2 Å². The van der Waals surface area contributed by atoms with Crippen molar-refractivity contribution < 1.29 is 14.2 Å². The molecule has 1 aromatic carbocycles. The molecule has 0 aliphatic rings. The number of hydrogen-bond acceptors (Lipinski definition) is 4. The number of nitrogens with zero attached hydrogens (tertiary/aromatic N) is 1. The molecule has 2 N–H and O–H groups in total. The van der Waals surface area contributed by atoms with Crippen molar-refractivity contribution in [3.8, 4) is 11.5 Å². The monoisotopic (exact) mass is 238 g/mol. The number of hydrogen-bond donors (Lipinski definition) is 1. The lowest BCUT2D eigenvalue weighted by atomic mass is 10.2. The second-order valence-electron chi connectivity index (χ2n) is 3.25. The molecule has 0 aliphatic heterocycles. The molecule has 1 rings (SSSR count). The van der Waals surface area contributed by atoms with Gasteiger partial charge in [0.1, 0.15) is 29.6 Å². The Bertz CT molecular complexity index is 369. The zero-order chi connectivity index (χ0) is 12.7. The maximum Gasteiger partial charge on any atom is 0.149 e. The topological polar surface area (TPSA) is 66.1 Å². The van der Waals surface area contributed by atoms with Crippen LogP contribution in [0.3, 0.4) is 0 Å². The van der Waals surface area contributed by atoms with Gasteiger partial charge in [-0.2, -0.15) is 0 Å². The van der Waals surface area contributed by atoms with Gasteiger partial charge in [0, 0.05) is 6.61 Å². The van der Waals surface area contributed by atoms with Crippen molar-refractivity contribution in [1.29, 1.82) is 0 Å². The molecular formula is C12H18N2O3. The van der Waals surface area contributed by atoms with Crippen LogP contribution < -0.4 is 15.2 Å². The summed E-state index contributed by atoms with van der Waals surface area (Å²) in [5, 5.41) is 0. The number of ether oxygens (including phenoxy) is 3. The summed E-state index contributed by atoms with van der Waals surface area (Å²) in [6, 6.07) is 5.43. The van der Waals surface area contributed by atoms with Crippen molar-refractivity contribution >= 4 is 11.5 Å². The minimum Gasteiger partial charge on any atom is -0.494 e. The van der Waals surface area contributed by atoms with E-state index in [1.807, 2.05) is 13.0 Å². The van der Waals surface area contributed by atoms with E-state index in [-0.39, 0.29) is 6.61 Å². The predicted molar refractivity (Wildman–Crippen MR) is 67.3 cm³/mol. The highest BCUT2D eigenvalue weighted by Crippen LogP contribution is 2.36. The fourth-order valence-electron chi connectivity index (χ4n) is 1.32. The van der Waals surface area contributed by atoms with Crippen LogP contribution in [0.25, 0.3) is 0 Å². The molecule has 0 aromatic heterocycles. The Morgan fingerprint density at radius 1 is 1.24 bits per heavy atom. The highest BCUT2D eigenvalue weighted by atomic mass is 16.5. The molecule has 94 valence electrons. The van der Waals surface area contributed by atoms with Crippen molar-refractivity contribution in [2.75, 3.05) is 27.4 Å². The maximum absolute atomic E-state index is 5.75. The fraction of sp³-hybridized carbons (Fsp3) is 0.417. The Balaban J connectivity index is 3.01. The number of aliphatic imine (C=N–C) groups is 1. The highest BCUT2D eigenvalue weighted by molar-refractivity contribution is 5.86. The quantitative estimate of drug-likeness (QED) is 0.605. The van der Waals surface area contributed by atoms with Gasteiger partial charge in [0.05, 0.1) is 14.2 Å². The number of para-hydroxylation sites is 1. The molecule has 0 spiro atoms. The smallest absolute Gasteiger partial charge is 0.149 e. The van der Waals surface area contributed by atoms with Gasteiger partial charge in [0.25, 0.3) is 0 Å². The van der Waals surface area contributed by atoms with Crippen LogP contribution in [0.1, 0.15) is 6.92 Å². The minimum atomic E-state index is 0.289. The third-order valence-electron chi connectivity index (χ3n) is 2.11. The van der Waals surface area contributed by atoms with E-state index >= 15 is 0 Å². The first-order valence-corrected chi connectivity index (χ1v) is 5.34. The van der Waals surface area contributed by atoms with Crippen LogP contribution in [-0.4, -0.2) is 33.3 Å². The molecule has 0 heterocycles. The normalized spacial score (nSPS) is 11.4. The van der Waals surface area contributed by atoms with Gasteiger partial charge in [-0.1, -0.05) is 6.07 Å². The van der Waals surface area contributed by atoms with E-state index in [9.17, 15) is 0 Å². The van der Waals surface area contributed by atoms with Crippen LogP contribution in [0.2, 0.25) is 0 Å². The summed E-state index contributed by atoms with van der Waals surface area (Å²) in [5.74, 6) is 1.61. The maximum atomic E-state index is 5.75. The summed E-state index contributed by atoms with van der Waals surface area (Å²) >= 11 is 0. The molecule has 0 aliphatic carbocycles. The summed E-state index contributed by atoms with van der Waals surface area (Å²) in [6.07, 6.45) is 0. The molecule has 0 saturated carbocycles. The summed E-state index contributed by atoms with van der Waals surface area (Å²) < 4.78 is 15.6. The Labute approximate surface area is 101 Å². The molecule has 0 amide bonds. The lowest BCUT2D eigenvalue weighted by Gasteiger charge is -2.10. The molecule has 1 aromatic rings. The lowest BCUT2D eigenvalue weighted by Crippen LogP contribution is -2.18. The van der Waals surface area contributed by atoms with E-state index in [4.69, 9.17) is 19.9 Å². The van der Waals surface area contributed by atoms with Crippen molar-refractivity contribution in [2.24, 2.45) is 10.7 Å². The average Bonchev–Trinajstić information content (AvgIpc) is 2.36. The average molecular weight is 238 g/mol. The minimum absolute atomic E-state index is 0.289. The van der Waals surface area contributed by atoms with E-state index in [1.54, 1.807) is 26.4 Å².